The van der Waals surface area contributed by atoms with Gasteiger partial charge in [0.15, 0.2) is 0 Å². The molecule has 0 aliphatic carbocycles. The van der Waals surface area contributed by atoms with Crippen molar-refractivity contribution in [1.29, 1.82) is 0 Å². The van der Waals surface area contributed by atoms with E-state index in [1.807, 2.05) is 56.3 Å². The Balaban J connectivity index is 1.53. The van der Waals surface area contributed by atoms with E-state index in [0.29, 0.717) is 6.61 Å². The average Bonchev–Trinajstić information content (AvgIpc) is 3.04. The van der Waals surface area contributed by atoms with Crippen molar-refractivity contribution < 1.29 is 9.53 Å². The highest BCUT2D eigenvalue weighted by Crippen LogP contribution is 2.27. The van der Waals surface area contributed by atoms with Gasteiger partial charge in [-0.3, -0.25) is 4.79 Å². The summed E-state index contributed by atoms with van der Waals surface area (Å²) >= 11 is 3.28. The Hall–Kier alpha value is -2.05. The van der Waals surface area contributed by atoms with E-state index in [9.17, 15) is 4.79 Å². The molecule has 0 saturated heterocycles. The van der Waals surface area contributed by atoms with Crippen LogP contribution in [0.2, 0.25) is 0 Å². The largest absolute Gasteiger partial charge is 0.494 e. The molecule has 0 fully saturated rings. The van der Waals surface area contributed by atoms with Crippen molar-refractivity contribution >= 4 is 44.9 Å². The molecule has 3 aromatic rings. The minimum absolute atomic E-state index is 0.00438. The molecule has 6 heteroatoms. The number of rotatable bonds is 7. The SMILES string of the molecule is CCOc1ccc(NC(=O)C(C)SCc2nc3ccccc3s2)cc1. The summed E-state index contributed by atoms with van der Waals surface area (Å²) in [6.45, 7) is 4.49. The quantitative estimate of drug-likeness (QED) is 0.637. The number of aromatic nitrogens is 1. The molecular formula is C19H20N2O2S2. The van der Waals surface area contributed by atoms with E-state index in [1.165, 1.54) is 4.70 Å². The van der Waals surface area contributed by atoms with Gasteiger partial charge in [0.25, 0.3) is 0 Å². The minimum Gasteiger partial charge on any atom is -0.494 e. The smallest absolute Gasteiger partial charge is 0.237 e. The van der Waals surface area contributed by atoms with Crippen LogP contribution in [0.1, 0.15) is 18.9 Å². The number of fused-ring (bicyclic) bond motifs is 1. The molecule has 0 bridgehead atoms. The summed E-state index contributed by atoms with van der Waals surface area (Å²) < 4.78 is 6.59. The lowest BCUT2D eigenvalue weighted by atomic mass is 10.3. The Bertz CT molecular complexity index is 813. The Morgan fingerprint density at radius 1 is 1.24 bits per heavy atom. The maximum Gasteiger partial charge on any atom is 0.237 e. The molecule has 0 radical (unpaired) electrons. The topological polar surface area (TPSA) is 51.2 Å². The second-order valence-corrected chi connectivity index (χ2v) is 7.92. The van der Waals surface area contributed by atoms with Gasteiger partial charge in [-0.25, -0.2) is 4.98 Å². The van der Waals surface area contributed by atoms with E-state index < -0.39 is 0 Å². The Labute approximate surface area is 155 Å². The Kier molecular flexibility index (Phi) is 5.94. The third-order valence-electron chi connectivity index (χ3n) is 3.60. The summed E-state index contributed by atoms with van der Waals surface area (Å²) in [5.74, 6) is 1.53. The van der Waals surface area contributed by atoms with Crippen molar-refractivity contribution in [3.8, 4) is 5.75 Å². The molecule has 1 heterocycles. The standard InChI is InChI=1S/C19H20N2O2S2/c1-3-23-15-10-8-14(9-11-15)20-19(22)13(2)24-12-18-21-16-6-4-5-7-17(16)25-18/h4-11,13H,3,12H2,1-2H3,(H,20,22). The maximum atomic E-state index is 12.3. The third-order valence-corrected chi connectivity index (χ3v) is 5.97. The highest BCUT2D eigenvalue weighted by atomic mass is 32.2. The van der Waals surface area contributed by atoms with Crippen LogP contribution >= 0.6 is 23.1 Å². The van der Waals surface area contributed by atoms with Gasteiger partial charge in [-0.15, -0.1) is 23.1 Å². The second-order valence-electron chi connectivity index (χ2n) is 5.48. The zero-order valence-corrected chi connectivity index (χ0v) is 15.8. The third kappa shape index (κ3) is 4.74. The van der Waals surface area contributed by atoms with Crippen LogP contribution in [0, 0.1) is 0 Å². The van der Waals surface area contributed by atoms with Crippen LogP contribution in [-0.2, 0) is 10.5 Å². The van der Waals surface area contributed by atoms with Crippen molar-refractivity contribution in [1.82, 2.24) is 4.98 Å². The van der Waals surface area contributed by atoms with E-state index >= 15 is 0 Å². The van der Waals surface area contributed by atoms with Crippen LogP contribution in [-0.4, -0.2) is 22.7 Å². The molecule has 0 saturated carbocycles. The molecule has 1 aromatic heterocycles. The number of amides is 1. The fraction of sp³-hybridized carbons (Fsp3) is 0.263. The summed E-state index contributed by atoms with van der Waals surface area (Å²) in [7, 11) is 0. The number of hydrogen-bond acceptors (Lipinski definition) is 5. The summed E-state index contributed by atoms with van der Waals surface area (Å²) in [5.41, 5.74) is 1.80. The number of carbonyl (C=O) groups excluding carboxylic acids is 1. The molecule has 2 aromatic carbocycles. The zero-order chi connectivity index (χ0) is 17.6. The van der Waals surface area contributed by atoms with Crippen molar-refractivity contribution in [3.63, 3.8) is 0 Å². The minimum atomic E-state index is -0.154. The van der Waals surface area contributed by atoms with Gasteiger partial charge in [0.05, 0.1) is 22.1 Å². The highest BCUT2D eigenvalue weighted by molar-refractivity contribution is 7.99. The predicted octanol–water partition coefficient (Wildman–Crippen LogP) is 4.96. The molecule has 0 aliphatic heterocycles. The van der Waals surface area contributed by atoms with Crippen LogP contribution in [0.15, 0.2) is 48.5 Å². The van der Waals surface area contributed by atoms with Crippen molar-refractivity contribution in [2.45, 2.75) is 24.9 Å². The predicted molar refractivity (Wildman–Crippen MR) is 107 cm³/mol. The van der Waals surface area contributed by atoms with Gasteiger partial charge in [-0.2, -0.15) is 0 Å². The molecule has 130 valence electrons. The van der Waals surface area contributed by atoms with Crippen molar-refractivity contribution in [3.05, 3.63) is 53.5 Å². The lowest BCUT2D eigenvalue weighted by molar-refractivity contribution is -0.115. The van der Waals surface area contributed by atoms with Crippen LogP contribution in [0.5, 0.6) is 5.75 Å². The number of thioether (sulfide) groups is 1. The molecule has 0 aliphatic rings. The molecule has 1 atom stereocenters. The van der Waals surface area contributed by atoms with E-state index in [1.54, 1.807) is 23.1 Å². The first kappa shape index (κ1) is 17.8. The first-order chi connectivity index (χ1) is 12.2. The molecular weight excluding hydrogens is 352 g/mol. The van der Waals surface area contributed by atoms with E-state index in [0.717, 1.165) is 27.7 Å². The van der Waals surface area contributed by atoms with Gasteiger partial charge >= 0.3 is 0 Å². The van der Waals surface area contributed by atoms with Gasteiger partial charge in [-0.1, -0.05) is 12.1 Å². The molecule has 0 spiro atoms. The van der Waals surface area contributed by atoms with Crippen LogP contribution in [0.25, 0.3) is 10.2 Å². The normalized spacial score (nSPS) is 12.1. The Morgan fingerprint density at radius 3 is 2.72 bits per heavy atom. The van der Waals surface area contributed by atoms with Gasteiger partial charge in [0.1, 0.15) is 10.8 Å². The number of para-hydroxylation sites is 1. The number of nitrogens with one attached hydrogen (secondary N) is 1. The van der Waals surface area contributed by atoms with E-state index in [4.69, 9.17) is 4.74 Å². The first-order valence-electron chi connectivity index (χ1n) is 8.15. The van der Waals surface area contributed by atoms with E-state index in [2.05, 4.69) is 16.4 Å². The van der Waals surface area contributed by atoms with Gasteiger partial charge < -0.3 is 10.1 Å². The molecule has 1 unspecified atom stereocenters. The van der Waals surface area contributed by atoms with E-state index in [-0.39, 0.29) is 11.2 Å². The zero-order valence-electron chi connectivity index (χ0n) is 14.2. The lowest BCUT2D eigenvalue weighted by Gasteiger charge is -2.12. The van der Waals surface area contributed by atoms with Crippen molar-refractivity contribution in [2.75, 3.05) is 11.9 Å². The number of anilines is 1. The number of carbonyl (C=O) groups is 1. The number of thiazole rings is 1. The van der Waals surface area contributed by atoms with Gasteiger partial charge in [0.2, 0.25) is 5.91 Å². The summed E-state index contributed by atoms with van der Waals surface area (Å²) in [6.07, 6.45) is 0. The number of nitrogens with zero attached hydrogens (tertiary/aromatic N) is 1. The first-order valence-corrected chi connectivity index (χ1v) is 10.0. The van der Waals surface area contributed by atoms with Gasteiger partial charge in [0, 0.05) is 11.4 Å². The van der Waals surface area contributed by atoms with Crippen LogP contribution in [0.3, 0.4) is 0 Å². The lowest BCUT2D eigenvalue weighted by Crippen LogP contribution is -2.22. The van der Waals surface area contributed by atoms with Crippen LogP contribution in [0.4, 0.5) is 5.69 Å². The molecule has 3 rings (SSSR count). The van der Waals surface area contributed by atoms with Gasteiger partial charge in [-0.05, 0) is 50.2 Å². The number of ether oxygens (including phenoxy) is 1. The molecule has 1 amide bonds. The highest BCUT2D eigenvalue weighted by Gasteiger charge is 2.15. The number of hydrogen-bond donors (Lipinski definition) is 1. The fourth-order valence-corrected chi connectivity index (χ4v) is 4.17. The summed E-state index contributed by atoms with van der Waals surface area (Å²) in [5, 5.41) is 3.84. The average molecular weight is 373 g/mol. The monoisotopic (exact) mass is 372 g/mol. The fourth-order valence-electron chi connectivity index (χ4n) is 2.30. The molecule has 25 heavy (non-hydrogen) atoms. The molecule has 4 nitrogen and oxygen atoms in total. The molecule has 1 N–H and O–H groups in total. The Morgan fingerprint density at radius 2 is 2.00 bits per heavy atom. The van der Waals surface area contributed by atoms with Crippen LogP contribution < -0.4 is 10.1 Å². The van der Waals surface area contributed by atoms with Crippen molar-refractivity contribution in [2.24, 2.45) is 0 Å². The summed E-state index contributed by atoms with van der Waals surface area (Å²) in [6, 6.07) is 15.5. The maximum absolute atomic E-state index is 12.3. The number of benzene rings is 2. The summed E-state index contributed by atoms with van der Waals surface area (Å²) in [4.78, 5) is 16.9. The second kappa shape index (κ2) is 8.36.